The molecular weight excluding hydrogens is 459 g/mol. The molecule has 0 bridgehead atoms. The number of aryl methyl sites for hydroxylation is 1. The average Bonchev–Trinajstić information content (AvgIpc) is 2.86. The summed E-state index contributed by atoms with van der Waals surface area (Å²) >= 11 is 0. The third-order valence-corrected chi connectivity index (χ3v) is 5.40. The lowest BCUT2D eigenvalue weighted by molar-refractivity contribution is -0.274. The molecule has 3 aromatic carbocycles. The summed E-state index contributed by atoms with van der Waals surface area (Å²) in [5.41, 5.74) is 3.20. The minimum absolute atomic E-state index is 0.306. The second-order valence-electron chi connectivity index (χ2n) is 7.86. The molecule has 184 valence electrons. The minimum atomic E-state index is -4.75. The molecule has 35 heavy (non-hydrogen) atoms. The summed E-state index contributed by atoms with van der Waals surface area (Å²) in [7, 11) is 1.16. The summed E-state index contributed by atoms with van der Waals surface area (Å²) < 4.78 is 45.6. The van der Waals surface area contributed by atoms with Crippen molar-refractivity contribution in [2.24, 2.45) is 0 Å². The highest BCUT2D eigenvalue weighted by Gasteiger charge is 2.31. The number of methoxy groups -OCH3 is 1. The predicted octanol–water partition coefficient (Wildman–Crippen LogP) is 6.17. The second kappa shape index (κ2) is 12.1. The van der Waals surface area contributed by atoms with Gasteiger partial charge in [0.15, 0.2) is 0 Å². The number of ether oxygens (including phenoxy) is 2. The third-order valence-electron chi connectivity index (χ3n) is 5.40. The molecule has 0 radical (unpaired) electrons. The van der Waals surface area contributed by atoms with Crippen molar-refractivity contribution >= 4 is 17.6 Å². The molecular formula is C27H26F3NO4. The van der Waals surface area contributed by atoms with Crippen molar-refractivity contribution in [2.75, 3.05) is 18.6 Å². The maximum atomic E-state index is 12.6. The van der Waals surface area contributed by atoms with Crippen LogP contribution in [0, 0.1) is 0 Å². The van der Waals surface area contributed by atoms with Gasteiger partial charge in [-0.2, -0.15) is 0 Å². The van der Waals surface area contributed by atoms with Crippen molar-refractivity contribution in [3.05, 3.63) is 84.4 Å². The molecule has 1 amide bonds. The van der Waals surface area contributed by atoms with E-state index in [0.29, 0.717) is 24.2 Å². The molecule has 0 saturated heterocycles. The van der Waals surface area contributed by atoms with Gasteiger partial charge in [-0.3, -0.25) is 4.79 Å². The summed E-state index contributed by atoms with van der Waals surface area (Å²) in [5.74, 6) is -2.00. The van der Waals surface area contributed by atoms with E-state index < -0.39 is 18.2 Å². The summed E-state index contributed by atoms with van der Waals surface area (Å²) in [4.78, 5) is 25.9. The van der Waals surface area contributed by atoms with Gasteiger partial charge in [0.1, 0.15) is 5.75 Å². The number of unbranched alkanes of at least 4 members (excludes halogenated alkanes) is 2. The fourth-order valence-corrected chi connectivity index (χ4v) is 3.65. The third kappa shape index (κ3) is 7.88. The lowest BCUT2D eigenvalue weighted by Crippen LogP contribution is -2.38. The number of alkyl halides is 3. The minimum Gasteiger partial charge on any atom is -0.462 e. The van der Waals surface area contributed by atoms with Crippen LogP contribution in [-0.2, 0) is 20.7 Å². The Bertz CT molecular complexity index is 1100. The number of hydrogen-bond donors (Lipinski definition) is 0. The van der Waals surface area contributed by atoms with Gasteiger partial charge in [0, 0.05) is 12.2 Å². The first-order valence-electron chi connectivity index (χ1n) is 11.2. The Morgan fingerprint density at radius 2 is 1.40 bits per heavy atom. The quantitative estimate of drug-likeness (QED) is 0.207. The second-order valence-corrected chi connectivity index (χ2v) is 7.86. The molecule has 0 aliphatic rings. The fourth-order valence-electron chi connectivity index (χ4n) is 3.65. The van der Waals surface area contributed by atoms with Crippen LogP contribution in [0.5, 0.6) is 5.75 Å². The Labute approximate surface area is 202 Å². The first kappa shape index (κ1) is 25.8. The molecule has 0 aliphatic heterocycles. The van der Waals surface area contributed by atoms with Gasteiger partial charge in [0.05, 0.1) is 7.11 Å². The van der Waals surface area contributed by atoms with Gasteiger partial charge >= 0.3 is 18.2 Å². The number of hydrogen-bond acceptors (Lipinski definition) is 4. The van der Waals surface area contributed by atoms with Gasteiger partial charge < -0.3 is 14.4 Å². The number of anilines is 1. The van der Waals surface area contributed by atoms with Crippen molar-refractivity contribution in [3.63, 3.8) is 0 Å². The smallest absolute Gasteiger partial charge is 0.462 e. The molecule has 0 aromatic heterocycles. The first-order chi connectivity index (χ1) is 16.8. The molecule has 0 saturated carbocycles. The number of rotatable bonds is 9. The maximum absolute atomic E-state index is 12.6. The largest absolute Gasteiger partial charge is 0.573 e. The van der Waals surface area contributed by atoms with Crippen LogP contribution >= 0.6 is 0 Å². The molecule has 0 atom stereocenters. The Morgan fingerprint density at radius 3 is 1.97 bits per heavy atom. The Balaban J connectivity index is 1.65. The van der Waals surface area contributed by atoms with Gasteiger partial charge in [0.2, 0.25) is 0 Å². The van der Waals surface area contributed by atoms with Crippen LogP contribution in [0.4, 0.5) is 18.9 Å². The molecule has 0 fully saturated rings. The van der Waals surface area contributed by atoms with E-state index in [-0.39, 0.29) is 5.75 Å². The van der Waals surface area contributed by atoms with E-state index in [2.05, 4.69) is 21.6 Å². The SMILES string of the molecule is COC(=O)C(=O)N(CCCCCc1ccccc1)c1ccc(-c2ccc(OC(F)(F)F)cc2)cc1. The normalized spacial score (nSPS) is 11.1. The summed E-state index contributed by atoms with van der Waals surface area (Å²) in [5, 5.41) is 0. The van der Waals surface area contributed by atoms with E-state index in [1.54, 1.807) is 24.3 Å². The molecule has 5 nitrogen and oxygen atoms in total. The van der Waals surface area contributed by atoms with E-state index in [4.69, 9.17) is 0 Å². The van der Waals surface area contributed by atoms with Crippen LogP contribution in [-0.4, -0.2) is 31.9 Å². The molecule has 3 aromatic rings. The number of benzene rings is 3. The highest BCUT2D eigenvalue weighted by molar-refractivity contribution is 6.38. The molecule has 0 aliphatic carbocycles. The highest BCUT2D eigenvalue weighted by Crippen LogP contribution is 2.28. The molecule has 0 unspecified atom stereocenters. The van der Waals surface area contributed by atoms with Crippen LogP contribution in [0.15, 0.2) is 78.9 Å². The Kier molecular flexibility index (Phi) is 8.89. The number of esters is 1. The van der Waals surface area contributed by atoms with Crippen LogP contribution in [0.25, 0.3) is 11.1 Å². The maximum Gasteiger partial charge on any atom is 0.573 e. The zero-order valence-corrected chi connectivity index (χ0v) is 19.3. The van der Waals surface area contributed by atoms with Crippen molar-refractivity contribution in [1.82, 2.24) is 0 Å². The Morgan fingerprint density at radius 1 is 0.800 bits per heavy atom. The molecule has 0 spiro atoms. The lowest BCUT2D eigenvalue weighted by Gasteiger charge is -2.22. The van der Waals surface area contributed by atoms with Gasteiger partial charge in [-0.15, -0.1) is 13.2 Å². The van der Waals surface area contributed by atoms with Gasteiger partial charge in [0.25, 0.3) is 0 Å². The van der Waals surface area contributed by atoms with Crippen LogP contribution in [0.1, 0.15) is 24.8 Å². The van der Waals surface area contributed by atoms with Gasteiger partial charge in [-0.05, 0) is 60.2 Å². The Hall–Kier alpha value is -3.81. The number of nitrogens with zero attached hydrogens (tertiary/aromatic N) is 1. The zero-order chi connectivity index (χ0) is 25.3. The first-order valence-corrected chi connectivity index (χ1v) is 11.2. The molecule has 8 heteroatoms. The topological polar surface area (TPSA) is 55.8 Å². The summed E-state index contributed by atoms with van der Waals surface area (Å²) in [6.07, 6.45) is -1.27. The standard InChI is InChI=1S/C27H26F3NO4/c1-34-26(33)25(32)31(19-7-3-6-10-20-8-4-2-5-9-20)23-15-11-21(12-16-23)22-13-17-24(18-14-22)35-27(28,29)30/h2,4-5,8-9,11-18H,3,6-7,10,19H2,1H3. The van der Waals surface area contributed by atoms with Crippen molar-refractivity contribution < 1.29 is 32.2 Å². The van der Waals surface area contributed by atoms with Crippen molar-refractivity contribution in [1.29, 1.82) is 0 Å². The predicted molar refractivity (Wildman–Crippen MR) is 127 cm³/mol. The average molecular weight is 486 g/mol. The summed E-state index contributed by atoms with van der Waals surface area (Å²) in [6, 6.07) is 22.5. The van der Waals surface area contributed by atoms with Crippen molar-refractivity contribution in [3.8, 4) is 16.9 Å². The van der Waals surface area contributed by atoms with E-state index in [9.17, 15) is 22.8 Å². The highest BCUT2D eigenvalue weighted by atomic mass is 19.4. The number of carbonyl (C=O) groups is 2. The van der Waals surface area contributed by atoms with Crippen molar-refractivity contribution in [2.45, 2.75) is 32.0 Å². The van der Waals surface area contributed by atoms with Crippen LogP contribution < -0.4 is 9.64 Å². The van der Waals surface area contributed by atoms with Gasteiger partial charge in [-0.1, -0.05) is 61.0 Å². The van der Waals surface area contributed by atoms with Gasteiger partial charge in [-0.25, -0.2) is 4.79 Å². The number of amides is 1. The fraction of sp³-hybridized carbons (Fsp3) is 0.259. The number of carbonyl (C=O) groups excluding carboxylic acids is 2. The van der Waals surface area contributed by atoms with E-state index >= 15 is 0 Å². The summed E-state index contributed by atoms with van der Waals surface area (Å²) in [6.45, 7) is 0.353. The van der Waals surface area contributed by atoms with E-state index in [1.165, 1.54) is 34.7 Å². The monoisotopic (exact) mass is 485 g/mol. The molecule has 3 rings (SSSR count). The number of halogens is 3. The van der Waals surface area contributed by atoms with Crippen LogP contribution in [0.2, 0.25) is 0 Å². The van der Waals surface area contributed by atoms with Crippen LogP contribution in [0.3, 0.4) is 0 Å². The molecule has 0 N–H and O–H groups in total. The lowest BCUT2D eigenvalue weighted by atomic mass is 10.0. The van der Waals surface area contributed by atoms with E-state index in [1.807, 2.05) is 18.2 Å². The van der Waals surface area contributed by atoms with E-state index in [0.717, 1.165) is 31.9 Å². The zero-order valence-electron chi connectivity index (χ0n) is 19.3. The molecule has 0 heterocycles.